The van der Waals surface area contributed by atoms with Crippen molar-refractivity contribution in [3.05, 3.63) is 34.9 Å². The van der Waals surface area contributed by atoms with Crippen molar-refractivity contribution in [1.29, 1.82) is 0 Å². The highest BCUT2D eigenvalue weighted by Crippen LogP contribution is 2.45. The zero-order chi connectivity index (χ0) is 15.5. The van der Waals surface area contributed by atoms with E-state index in [1.165, 1.54) is 0 Å². The summed E-state index contributed by atoms with van der Waals surface area (Å²) < 4.78 is 5.31. The largest absolute Gasteiger partial charge is 0.507 e. The number of hydrogen-bond donors (Lipinski definition) is 2. The number of phenolic OH excluding ortho intramolecular Hbond substituents is 1. The Labute approximate surface area is 123 Å². The Bertz CT molecular complexity index is 774. The molecule has 4 nitrogen and oxygen atoms in total. The molecule has 1 aliphatic carbocycles. The number of aromatic hydroxyl groups is 1. The van der Waals surface area contributed by atoms with Gasteiger partial charge in [0.1, 0.15) is 17.6 Å². The second-order valence-corrected chi connectivity index (χ2v) is 6.17. The summed E-state index contributed by atoms with van der Waals surface area (Å²) in [5.74, 6) is 0.470. The maximum atomic E-state index is 12.4. The molecule has 1 aliphatic rings. The third-order valence-electron chi connectivity index (χ3n) is 4.50. The summed E-state index contributed by atoms with van der Waals surface area (Å²) in [6, 6.07) is 5.15. The van der Waals surface area contributed by atoms with Crippen molar-refractivity contribution in [2.75, 3.05) is 7.11 Å². The van der Waals surface area contributed by atoms with Crippen molar-refractivity contribution in [3.63, 3.8) is 0 Å². The van der Waals surface area contributed by atoms with Gasteiger partial charge in [0.2, 0.25) is 0 Å². The summed E-state index contributed by atoms with van der Waals surface area (Å²) in [5.41, 5.74) is 1.33. The van der Waals surface area contributed by atoms with Crippen LogP contribution in [-0.2, 0) is 5.41 Å². The highest BCUT2D eigenvalue weighted by atomic mass is 16.5. The average molecular weight is 286 g/mol. The van der Waals surface area contributed by atoms with Crippen molar-refractivity contribution in [2.45, 2.75) is 32.3 Å². The van der Waals surface area contributed by atoms with Crippen molar-refractivity contribution < 1.29 is 19.7 Å². The molecular formula is C17H18O4. The second kappa shape index (κ2) is 4.21. The number of aliphatic hydroxyl groups excluding tert-OH is 1. The van der Waals surface area contributed by atoms with Crippen LogP contribution in [0.2, 0.25) is 0 Å². The summed E-state index contributed by atoms with van der Waals surface area (Å²) >= 11 is 0. The summed E-state index contributed by atoms with van der Waals surface area (Å²) in [5, 5.41) is 21.7. The second-order valence-electron chi connectivity index (χ2n) is 6.17. The van der Waals surface area contributed by atoms with Gasteiger partial charge >= 0.3 is 0 Å². The van der Waals surface area contributed by atoms with Crippen molar-refractivity contribution in [3.8, 4) is 11.5 Å². The summed E-state index contributed by atoms with van der Waals surface area (Å²) in [4.78, 5) is 12.4. The Morgan fingerprint density at radius 2 is 1.86 bits per heavy atom. The fraction of sp³-hybridized carbons (Fsp3) is 0.353. The fourth-order valence-electron chi connectivity index (χ4n) is 3.14. The third-order valence-corrected chi connectivity index (χ3v) is 4.50. The maximum absolute atomic E-state index is 12.4. The number of rotatable bonds is 1. The number of fused-ring (bicyclic) bond motifs is 3. The van der Waals surface area contributed by atoms with E-state index in [4.69, 9.17) is 4.74 Å². The zero-order valence-electron chi connectivity index (χ0n) is 12.5. The predicted molar refractivity (Wildman–Crippen MR) is 80.3 cm³/mol. The van der Waals surface area contributed by atoms with E-state index in [9.17, 15) is 15.0 Å². The van der Waals surface area contributed by atoms with E-state index in [-0.39, 0.29) is 11.5 Å². The van der Waals surface area contributed by atoms with E-state index >= 15 is 0 Å². The van der Waals surface area contributed by atoms with Crippen molar-refractivity contribution in [1.82, 2.24) is 0 Å². The minimum Gasteiger partial charge on any atom is -0.507 e. The number of Topliss-reactive ketones (excluding diaryl/α,β-unsaturated/α-hetero) is 1. The molecule has 4 heteroatoms. The molecule has 0 heterocycles. The number of hydrogen-bond acceptors (Lipinski definition) is 4. The van der Waals surface area contributed by atoms with E-state index in [1.807, 2.05) is 6.92 Å². The number of phenols is 1. The Morgan fingerprint density at radius 1 is 1.19 bits per heavy atom. The molecule has 0 amide bonds. The molecule has 0 saturated carbocycles. The highest BCUT2D eigenvalue weighted by Gasteiger charge is 2.46. The smallest absolute Gasteiger partial charge is 0.193 e. The normalized spacial score (nSPS) is 19.9. The molecular weight excluding hydrogens is 268 g/mol. The molecule has 0 saturated heterocycles. The molecule has 1 atom stereocenters. The molecule has 110 valence electrons. The minimum atomic E-state index is -1.09. The van der Waals surface area contributed by atoms with Gasteiger partial charge in [-0.15, -0.1) is 0 Å². The quantitative estimate of drug-likeness (QED) is 0.846. The first-order valence-electron chi connectivity index (χ1n) is 6.86. The van der Waals surface area contributed by atoms with Gasteiger partial charge in [-0.05, 0) is 36.2 Å². The molecule has 2 N–H and O–H groups in total. The lowest BCUT2D eigenvalue weighted by molar-refractivity contribution is 0.0644. The molecule has 0 fully saturated rings. The zero-order valence-corrected chi connectivity index (χ0v) is 12.5. The van der Waals surface area contributed by atoms with Crippen LogP contribution in [-0.4, -0.2) is 29.2 Å². The fourth-order valence-corrected chi connectivity index (χ4v) is 3.14. The lowest BCUT2D eigenvalue weighted by Gasteiger charge is -2.22. The third kappa shape index (κ3) is 1.69. The van der Waals surface area contributed by atoms with Gasteiger partial charge in [-0.3, -0.25) is 4.79 Å². The minimum absolute atomic E-state index is 0.115. The van der Waals surface area contributed by atoms with Gasteiger partial charge in [0.05, 0.1) is 7.11 Å². The molecule has 2 aromatic rings. The summed E-state index contributed by atoms with van der Waals surface area (Å²) in [7, 11) is 1.57. The lowest BCUT2D eigenvalue weighted by atomic mass is 9.83. The monoisotopic (exact) mass is 286 g/mol. The predicted octanol–water partition coefficient (Wildman–Crippen LogP) is 2.70. The van der Waals surface area contributed by atoms with Crippen LogP contribution < -0.4 is 4.74 Å². The van der Waals surface area contributed by atoms with E-state index in [2.05, 4.69) is 0 Å². The van der Waals surface area contributed by atoms with Gasteiger partial charge in [-0.1, -0.05) is 13.8 Å². The number of ketones is 1. The van der Waals surface area contributed by atoms with Crippen molar-refractivity contribution in [2.24, 2.45) is 0 Å². The van der Waals surface area contributed by atoms with Crippen LogP contribution >= 0.6 is 0 Å². The molecule has 0 bridgehead atoms. The topological polar surface area (TPSA) is 66.8 Å². The first kappa shape index (κ1) is 13.9. The Balaban J connectivity index is 2.47. The SMILES string of the molecule is COc1cc2c3c(cc(O)c2cc1C)C(C)(C)C(O)C3=O. The van der Waals surface area contributed by atoms with Gasteiger partial charge in [0.25, 0.3) is 0 Å². The van der Waals surface area contributed by atoms with Crippen LogP contribution in [0.25, 0.3) is 10.8 Å². The summed E-state index contributed by atoms with van der Waals surface area (Å²) in [6.07, 6.45) is -1.09. The van der Waals surface area contributed by atoms with Gasteiger partial charge in [-0.2, -0.15) is 0 Å². The van der Waals surface area contributed by atoms with Crippen LogP contribution in [0.5, 0.6) is 11.5 Å². The number of ether oxygens (including phenoxy) is 1. The van der Waals surface area contributed by atoms with Crippen LogP contribution in [0.1, 0.15) is 35.3 Å². The first-order valence-corrected chi connectivity index (χ1v) is 6.86. The van der Waals surface area contributed by atoms with Crippen molar-refractivity contribution >= 4 is 16.6 Å². The number of carbonyl (C=O) groups excluding carboxylic acids is 1. The first-order chi connectivity index (χ1) is 9.78. The standard InChI is InChI=1S/C17H18O4/c1-8-5-9-10(6-13(8)21-4)14-11(7-12(9)18)17(2,3)16(20)15(14)19/h5-7,16,18,20H,1-4H3. The van der Waals surface area contributed by atoms with Crippen LogP contribution in [0.3, 0.4) is 0 Å². The van der Waals surface area contributed by atoms with Crippen LogP contribution in [0.15, 0.2) is 18.2 Å². The Morgan fingerprint density at radius 3 is 2.48 bits per heavy atom. The number of aliphatic hydroxyl groups is 1. The van der Waals surface area contributed by atoms with E-state index < -0.39 is 11.5 Å². The molecule has 1 unspecified atom stereocenters. The van der Waals surface area contributed by atoms with E-state index in [0.717, 1.165) is 5.56 Å². The molecule has 21 heavy (non-hydrogen) atoms. The lowest BCUT2D eigenvalue weighted by Crippen LogP contribution is -2.32. The van der Waals surface area contributed by atoms with Crippen LogP contribution in [0, 0.1) is 6.92 Å². The average Bonchev–Trinajstić information content (AvgIpc) is 2.60. The summed E-state index contributed by atoms with van der Waals surface area (Å²) in [6.45, 7) is 5.49. The maximum Gasteiger partial charge on any atom is 0.193 e. The number of benzene rings is 2. The molecule has 0 radical (unpaired) electrons. The highest BCUT2D eigenvalue weighted by molar-refractivity contribution is 6.16. The molecule has 0 aromatic heterocycles. The van der Waals surface area contributed by atoms with Gasteiger partial charge in [-0.25, -0.2) is 0 Å². The van der Waals surface area contributed by atoms with Crippen LogP contribution in [0.4, 0.5) is 0 Å². The molecule has 0 spiro atoms. The molecule has 2 aromatic carbocycles. The van der Waals surface area contributed by atoms with Gasteiger partial charge in [0.15, 0.2) is 5.78 Å². The number of aryl methyl sites for hydroxylation is 1. The Hall–Kier alpha value is -2.07. The van der Waals surface area contributed by atoms with Gasteiger partial charge < -0.3 is 14.9 Å². The van der Waals surface area contributed by atoms with E-state index in [0.29, 0.717) is 27.6 Å². The number of carbonyl (C=O) groups is 1. The Kier molecular flexibility index (Phi) is 2.79. The van der Waals surface area contributed by atoms with E-state index in [1.54, 1.807) is 39.2 Å². The van der Waals surface area contributed by atoms with Gasteiger partial charge in [0, 0.05) is 21.8 Å². The molecule has 0 aliphatic heterocycles. The number of methoxy groups -OCH3 is 1. The molecule has 3 rings (SSSR count).